The number of unbranched alkanes of at least 4 members (excludes halogenated alkanes) is 5. The molecule has 3 aromatic carbocycles. The number of rotatable bonds is 13. The van der Waals surface area contributed by atoms with Gasteiger partial charge in [-0.15, -0.1) is 0 Å². The number of aliphatic hydroxyl groups excluding tert-OH is 1. The molecule has 2 N–H and O–H groups in total. The van der Waals surface area contributed by atoms with Crippen LogP contribution < -0.4 is 5.32 Å². The minimum Gasteiger partial charge on any atom is -0.464 e. The first-order chi connectivity index (χ1) is 18.1. The van der Waals surface area contributed by atoms with Crippen molar-refractivity contribution >= 4 is 11.9 Å². The number of benzene rings is 3. The first-order valence-electron chi connectivity index (χ1n) is 13.5. The molecular formula is C32H37NO4. The Morgan fingerprint density at radius 2 is 1.38 bits per heavy atom. The van der Waals surface area contributed by atoms with E-state index in [-0.39, 0.29) is 24.9 Å². The van der Waals surface area contributed by atoms with Crippen LogP contribution in [0.25, 0.3) is 11.1 Å². The van der Waals surface area contributed by atoms with Crippen LogP contribution in [0.15, 0.2) is 78.9 Å². The quantitative estimate of drug-likeness (QED) is 0.213. The summed E-state index contributed by atoms with van der Waals surface area (Å²) < 4.78 is 5.52. The summed E-state index contributed by atoms with van der Waals surface area (Å²) in [5, 5.41) is 13.9. The Balaban J connectivity index is 1.44. The maximum absolute atomic E-state index is 13.3. The van der Waals surface area contributed by atoms with Gasteiger partial charge in [0.2, 0.25) is 5.91 Å². The maximum atomic E-state index is 13.3. The molecule has 1 amide bonds. The predicted molar refractivity (Wildman–Crippen MR) is 146 cm³/mol. The second kappa shape index (κ2) is 13.2. The van der Waals surface area contributed by atoms with Crippen LogP contribution in [0.5, 0.6) is 0 Å². The fraction of sp³-hybridized carbons (Fsp3) is 0.375. The van der Waals surface area contributed by atoms with E-state index in [1.54, 1.807) is 24.3 Å². The number of hydrogen-bond acceptors (Lipinski definition) is 4. The molecule has 0 spiro atoms. The zero-order chi connectivity index (χ0) is 26.0. The average molecular weight is 500 g/mol. The van der Waals surface area contributed by atoms with Gasteiger partial charge in [0, 0.05) is 12.3 Å². The molecule has 0 radical (unpaired) electrons. The van der Waals surface area contributed by atoms with Crippen LogP contribution in [0.1, 0.15) is 80.6 Å². The second-order valence-corrected chi connectivity index (χ2v) is 9.77. The molecule has 1 aliphatic rings. The lowest BCUT2D eigenvalue weighted by Crippen LogP contribution is -2.46. The Bertz CT molecular complexity index is 1130. The molecular weight excluding hydrogens is 462 g/mol. The van der Waals surface area contributed by atoms with E-state index in [2.05, 4.69) is 36.5 Å². The van der Waals surface area contributed by atoms with Crippen molar-refractivity contribution in [3.8, 4) is 11.1 Å². The highest BCUT2D eigenvalue weighted by Crippen LogP contribution is 2.46. The summed E-state index contributed by atoms with van der Waals surface area (Å²) in [7, 11) is 0. The summed E-state index contributed by atoms with van der Waals surface area (Å²) in [5.41, 5.74) is 5.03. The first kappa shape index (κ1) is 26.6. The molecule has 0 saturated heterocycles. The minimum absolute atomic E-state index is 0.110. The van der Waals surface area contributed by atoms with Crippen LogP contribution in [0.3, 0.4) is 0 Å². The number of esters is 1. The molecule has 0 unspecified atom stereocenters. The van der Waals surface area contributed by atoms with E-state index >= 15 is 0 Å². The summed E-state index contributed by atoms with van der Waals surface area (Å²) in [6, 6.07) is 24.0. The van der Waals surface area contributed by atoms with E-state index in [1.807, 2.05) is 30.3 Å². The van der Waals surface area contributed by atoms with Gasteiger partial charge in [-0.05, 0) is 34.2 Å². The maximum Gasteiger partial charge on any atom is 0.331 e. The highest BCUT2D eigenvalue weighted by Gasteiger charge is 2.34. The predicted octanol–water partition coefficient (Wildman–Crippen LogP) is 6.31. The zero-order valence-corrected chi connectivity index (χ0v) is 21.6. The number of amides is 1. The number of carbonyl (C=O) groups excluding carboxylic acids is 2. The van der Waals surface area contributed by atoms with E-state index < -0.39 is 18.1 Å². The largest absolute Gasteiger partial charge is 0.464 e. The molecule has 194 valence electrons. The van der Waals surface area contributed by atoms with Crippen LogP contribution in [0.4, 0.5) is 0 Å². The lowest BCUT2D eigenvalue weighted by molar-refractivity contribution is -0.151. The fourth-order valence-corrected chi connectivity index (χ4v) is 5.15. The van der Waals surface area contributed by atoms with Gasteiger partial charge in [0.1, 0.15) is 6.10 Å². The molecule has 5 nitrogen and oxygen atoms in total. The van der Waals surface area contributed by atoms with E-state index in [0.29, 0.717) is 5.56 Å². The van der Waals surface area contributed by atoms with Crippen molar-refractivity contribution in [2.24, 2.45) is 0 Å². The first-order valence-corrected chi connectivity index (χ1v) is 13.5. The summed E-state index contributed by atoms with van der Waals surface area (Å²) in [5.74, 6) is -1.01. The van der Waals surface area contributed by atoms with Crippen LogP contribution in [0, 0.1) is 0 Å². The Hall–Kier alpha value is -3.44. The number of ether oxygens (including phenoxy) is 1. The summed E-state index contributed by atoms with van der Waals surface area (Å²) in [4.78, 5) is 26.4. The molecule has 0 aliphatic heterocycles. The topological polar surface area (TPSA) is 75.6 Å². The van der Waals surface area contributed by atoms with E-state index in [4.69, 9.17) is 4.74 Å². The van der Waals surface area contributed by atoms with Crippen molar-refractivity contribution in [3.63, 3.8) is 0 Å². The average Bonchev–Trinajstić information content (AvgIpc) is 3.24. The van der Waals surface area contributed by atoms with Gasteiger partial charge in [0.05, 0.1) is 6.61 Å². The van der Waals surface area contributed by atoms with Gasteiger partial charge in [0.15, 0.2) is 6.04 Å². The lowest BCUT2D eigenvalue weighted by Gasteiger charge is -2.24. The van der Waals surface area contributed by atoms with E-state index in [0.717, 1.165) is 41.5 Å². The highest BCUT2D eigenvalue weighted by atomic mass is 16.5. The fourth-order valence-electron chi connectivity index (χ4n) is 5.15. The molecule has 1 aliphatic carbocycles. The normalized spacial score (nSPS) is 13.9. The van der Waals surface area contributed by atoms with Gasteiger partial charge in [-0.1, -0.05) is 118 Å². The molecule has 0 fully saturated rings. The third kappa shape index (κ3) is 6.66. The van der Waals surface area contributed by atoms with Gasteiger partial charge in [-0.3, -0.25) is 4.79 Å². The van der Waals surface area contributed by atoms with Crippen molar-refractivity contribution in [1.82, 2.24) is 5.32 Å². The van der Waals surface area contributed by atoms with Crippen molar-refractivity contribution < 1.29 is 19.4 Å². The van der Waals surface area contributed by atoms with Gasteiger partial charge in [0.25, 0.3) is 0 Å². The van der Waals surface area contributed by atoms with E-state index in [1.165, 1.54) is 19.3 Å². The lowest BCUT2D eigenvalue weighted by atomic mass is 9.93. The molecule has 5 heteroatoms. The molecule has 0 bridgehead atoms. The Kier molecular flexibility index (Phi) is 9.50. The smallest absolute Gasteiger partial charge is 0.331 e. The van der Waals surface area contributed by atoms with Crippen molar-refractivity contribution in [1.29, 1.82) is 0 Å². The monoisotopic (exact) mass is 499 g/mol. The number of hydrogen-bond donors (Lipinski definition) is 2. The van der Waals surface area contributed by atoms with Crippen LogP contribution >= 0.6 is 0 Å². The van der Waals surface area contributed by atoms with Crippen LogP contribution in [-0.2, 0) is 14.3 Å². The van der Waals surface area contributed by atoms with Gasteiger partial charge < -0.3 is 15.2 Å². The number of nitrogens with one attached hydrogen (secondary N) is 1. The minimum atomic E-state index is -1.20. The molecule has 4 rings (SSSR count). The van der Waals surface area contributed by atoms with Crippen LogP contribution in [-0.4, -0.2) is 29.6 Å². The van der Waals surface area contributed by atoms with Crippen molar-refractivity contribution in [2.45, 2.75) is 69.9 Å². The standard InChI is InChI=1S/C32H37NO4/c1-2-3-4-5-6-14-21-37-32(36)30(31(35)23-15-8-7-9-16-23)33-29(34)22-28-26-19-12-10-17-24(26)25-18-11-13-20-27(25)28/h7-13,15-20,28,30-31,35H,2-6,14,21-22H2,1H3,(H,33,34)/t30-,31+/m0/s1. The zero-order valence-electron chi connectivity index (χ0n) is 21.6. The molecule has 0 aromatic heterocycles. The van der Waals surface area contributed by atoms with Crippen molar-refractivity contribution in [2.75, 3.05) is 6.61 Å². The molecule has 2 atom stereocenters. The highest BCUT2D eigenvalue weighted by molar-refractivity contribution is 5.88. The molecule has 3 aromatic rings. The Morgan fingerprint density at radius 3 is 2.03 bits per heavy atom. The Morgan fingerprint density at radius 1 is 0.811 bits per heavy atom. The third-order valence-electron chi connectivity index (χ3n) is 7.12. The van der Waals surface area contributed by atoms with Crippen LogP contribution in [0.2, 0.25) is 0 Å². The third-order valence-corrected chi connectivity index (χ3v) is 7.12. The molecule has 37 heavy (non-hydrogen) atoms. The Labute approximate surface area is 219 Å². The van der Waals surface area contributed by atoms with Crippen molar-refractivity contribution in [3.05, 3.63) is 95.6 Å². The van der Waals surface area contributed by atoms with E-state index in [9.17, 15) is 14.7 Å². The van der Waals surface area contributed by atoms with Gasteiger partial charge >= 0.3 is 5.97 Å². The number of aliphatic hydroxyl groups is 1. The number of fused-ring (bicyclic) bond motifs is 3. The SMILES string of the molecule is CCCCCCCCOC(=O)[C@@H](NC(=O)CC1c2ccccc2-c2ccccc21)[C@H](O)c1ccccc1. The summed E-state index contributed by atoms with van der Waals surface area (Å²) in [6.07, 6.45) is 5.44. The number of carbonyl (C=O) groups is 2. The summed E-state index contributed by atoms with van der Waals surface area (Å²) >= 11 is 0. The molecule has 0 saturated carbocycles. The molecule has 0 heterocycles. The van der Waals surface area contributed by atoms with Gasteiger partial charge in [-0.25, -0.2) is 4.79 Å². The van der Waals surface area contributed by atoms with Gasteiger partial charge in [-0.2, -0.15) is 0 Å². The second-order valence-electron chi connectivity index (χ2n) is 9.77. The summed E-state index contributed by atoms with van der Waals surface area (Å²) in [6.45, 7) is 2.46.